The Labute approximate surface area is 167 Å². The molecule has 3 aromatic rings. The largest absolute Gasteiger partial charge is 0.364 e. The highest BCUT2D eigenvalue weighted by molar-refractivity contribution is 5.92. The molecule has 8 heteroatoms. The van der Waals surface area contributed by atoms with Crippen LogP contribution < -0.4 is 10.6 Å². The number of anilines is 1. The third-order valence-electron chi connectivity index (χ3n) is 5.08. The Morgan fingerprint density at radius 1 is 0.966 bits per heavy atom. The van der Waals surface area contributed by atoms with E-state index < -0.39 is 0 Å². The maximum absolute atomic E-state index is 12.5. The minimum absolute atomic E-state index is 0.0354. The highest BCUT2D eigenvalue weighted by Crippen LogP contribution is 2.26. The van der Waals surface area contributed by atoms with Crippen molar-refractivity contribution in [3.05, 3.63) is 60.7 Å². The van der Waals surface area contributed by atoms with Gasteiger partial charge in [0.2, 0.25) is 5.91 Å². The molecule has 2 heterocycles. The van der Waals surface area contributed by atoms with Crippen LogP contribution in [0.4, 0.5) is 5.82 Å². The molecule has 0 bridgehead atoms. The second-order valence-corrected chi connectivity index (χ2v) is 7.05. The normalized spacial score (nSPS) is 18.8. The smallest absolute Gasteiger partial charge is 0.273 e. The van der Waals surface area contributed by atoms with Crippen molar-refractivity contribution >= 4 is 17.6 Å². The first-order valence-corrected chi connectivity index (χ1v) is 9.58. The first-order valence-electron chi connectivity index (χ1n) is 9.58. The number of amides is 2. The predicted octanol–water partition coefficient (Wildman–Crippen LogP) is 3.06. The lowest BCUT2D eigenvalue weighted by molar-refractivity contribution is -0.120. The molecule has 1 fully saturated rings. The monoisotopic (exact) mass is 391 g/mol. The molecule has 2 N–H and O–H groups in total. The molecule has 4 rings (SSSR count). The number of benzene rings is 1. The number of hydrogen-bond donors (Lipinski definition) is 2. The lowest BCUT2D eigenvalue weighted by Gasteiger charge is -2.28. The fraction of sp³-hybridized carbons (Fsp3) is 0.286. The summed E-state index contributed by atoms with van der Waals surface area (Å²) in [5.41, 5.74) is 2.00. The fourth-order valence-corrected chi connectivity index (χ4v) is 3.47. The molecule has 1 aliphatic carbocycles. The van der Waals surface area contributed by atoms with Crippen LogP contribution >= 0.6 is 0 Å². The summed E-state index contributed by atoms with van der Waals surface area (Å²) >= 11 is 0. The van der Waals surface area contributed by atoms with Crippen LogP contribution in [0.5, 0.6) is 0 Å². The molecule has 8 nitrogen and oxygen atoms in total. The van der Waals surface area contributed by atoms with Gasteiger partial charge in [0.1, 0.15) is 6.26 Å². The standard InChI is InChI=1S/C21H21N5O3/c27-20(25-19-13-22-18(12-23-19)14-4-2-1-3-5-14)15-6-8-16(9-7-15)24-21(28)17-10-11-29-26-17/h1-5,10-13,15-16H,6-9H2,(H,24,28)(H,23,25,27)/t15-,16+. The van der Waals surface area contributed by atoms with Crippen LogP contribution in [0.25, 0.3) is 11.3 Å². The minimum atomic E-state index is -0.250. The molecule has 2 aromatic heterocycles. The first-order chi connectivity index (χ1) is 14.2. The zero-order valence-electron chi connectivity index (χ0n) is 15.7. The number of hydrogen-bond acceptors (Lipinski definition) is 6. The molecule has 2 amide bonds. The van der Waals surface area contributed by atoms with E-state index >= 15 is 0 Å². The van der Waals surface area contributed by atoms with Gasteiger partial charge in [0, 0.05) is 23.6 Å². The van der Waals surface area contributed by atoms with Gasteiger partial charge in [0.15, 0.2) is 11.5 Å². The van der Waals surface area contributed by atoms with Gasteiger partial charge in [-0.05, 0) is 25.7 Å². The molecular formula is C21H21N5O3. The van der Waals surface area contributed by atoms with Crippen LogP contribution in [0.1, 0.15) is 36.2 Å². The van der Waals surface area contributed by atoms with E-state index in [9.17, 15) is 9.59 Å². The van der Waals surface area contributed by atoms with E-state index in [1.165, 1.54) is 12.3 Å². The molecule has 0 radical (unpaired) electrons. The Hall–Kier alpha value is -3.55. The maximum Gasteiger partial charge on any atom is 0.273 e. The number of nitrogens with zero attached hydrogens (tertiary/aromatic N) is 3. The summed E-state index contributed by atoms with van der Waals surface area (Å²) in [5.74, 6) is 0.0235. The lowest BCUT2D eigenvalue weighted by Crippen LogP contribution is -2.39. The Balaban J connectivity index is 1.27. The Morgan fingerprint density at radius 2 is 1.76 bits per heavy atom. The summed E-state index contributed by atoms with van der Waals surface area (Å²) in [6, 6.07) is 11.3. The number of aromatic nitrogens is 3. The molecule has 29 heavy (non-hydrogen) atoms. The lowest BCUT2D eigenvalue weighted by atomic mass is 9.85. The van der Waals surface area contributed by atoms with Gasteiger partial charge in [-0.2, -0.15) is 0 Å². The van der Waals surface area contributed by atoms with Crippen LogP contribution in [0.2, 0.25) is 0 Å². The van der Waals surface area contributed by atoms with Crippen LogP contribution in [0.15, 0.2) is 59.6 Å². The first kappa shape index (κ1) is 18.8. The number of nitrogens with one attached hydrogen (secondary N) is 2. The van der Waals surface area contributed by atoms with Gasteiger partial charge in [-0.25, -0.2) is 4.98 Å². The number of carbonyl (C=O) groups excluding carboxylic acids is 2. The molecule has 0 unspecified atom stereocenters. The van der Waals surface area contributed by atoms with E-state index in [4.69, 9.17) is 0 Å². The highest BCUT2D eigenvalue weighted by Gasteiger charge is 2.28. The molecule has 148 valence electrons. The quantitative estimate of drug-likeness (QED) is 0.692. The third kappa shape index (κ3) is 4.66. The second kappa shape index (κ2) is 8.64. The fourth-order valence-electron chi connectivity index (χ4n) is 3.47. The van der Waals surface area contributed by atoms with Crippen molar-refractivity contribution < 1.29 is 14.1 Å². The molecule has 0 atom stereocenters. The molecule has 0 saturated heterocycles. The molecule has 1 aliphatic rings. The number of carbonyl (C=O) groups is 2. The van der Waals surface area contributed by atoms with Crippen molar-refractivity contribution in [2.45, 2.75) is 31.7 Å². The molecule has 1 saturated carbocycles. The molecular weight excluding hydrogens is 370 g/mol. The maximum atomic E-state index is 12.5. The van der Waals surface area contributed by atoms with E-state index in [-0.39, 0.29) is 29.5 Å². The molecule has 1 aromatic carbocycles. The second-order valence-electron chi connectivity index (χ2n) is 7.05. The summed E-state index contributed by atoms with van der Waals surface area (Å²) < 4.78 is 4.69. The van der Waals surface area contributed by atoms with Gasteiger partial charge >= 0.3 is 0 Å². The van der Waals surface area contributed by atoms with E-state index in [0.29, 0.717) is 18.7 Å². The van der Waals surface area contributed by atoms with Crippen LogP contribution in [-0.2, 0) is 4.79 Å². The third-order valence-corrected chi connectivity index (χ3v) is 5.08. The molecule has 0 aliphatic heterocycles. The van der Waals surface area contributed by atoms with E-state index in [0.717, 1.165) is 24.1 Å². The van der Waals surface area contributed by atoms with Crippen LogP contribution in [0, 0.1) is 5.92 Å². The summed E-state index contributed by atoms with van der Waals surface area (Å²) in [4.78, 5) is 33.3. The van der Waals surface area contributed by atoms with E-state index in [1.807, 2.05) is 30.3 Å². The van der Waals surface area contributed by atoms with Gasteiger partial charge in [-0.3, -0.25) is 14.6 Å². The van der Waals surface area contributed by atoms with E-state index in [2.05, 4.69) is 30.3 Å². The highest BCUT2D eigenvalue weighted by atomic mass is 16.5. The Kier molecular flexibility index (Phi) is 5.60. The average Bonchev–Trinajstić information content (AvgIpc) is 3.31. The summed E-state index contributed by atoms with van der Waals surface area (Å²) in [5, 5.41) is 9.42. The Bertz CT molecular complexity index is 950. The Morgan fingerprint density at radius 3 is 2.41 bits per heavy atom. The van der Waals surface area contributed by atoms with Crippen LogP contribution in [0.3, 0.4) is 0 Å². The zero-order chi connectivity index (χ0) is 20.1. The topological polar surface area (TPSA) is 110 Å². The number of rotatable bonds is 5. The van der Waals surface area contributed by atoms with Gasteiger partial charge in [-0.1, -0.05) is 35.5 Å². The van der Waals surface area contributed by atoms with Crippen molar-refractivity contribution in [2.24, 2.45) is 5.92 Å². The van der Waals surface area contributed by atoms with Crippen LogP contribution in [-0.4, -0.2) is 33.0 Å². The van der Waals surface area contributed by atoms with Gasteiger partial charge < -0.3 is 15.2 Å². The van der Waals surface area contributed by atoms with E-state index in [1.54, 1.807) is 12.4 Å². The summed E-state index contributed by atoms with van der Waals surface area (Å²) in [6.45, 7) is 0. The van der Waals surface area contributed by atoms with Crippen molar-refractivity contribution in [1.29, 1.82) is 0 Å². The van der Waals surface area contributed by atoms with Gasteiger partial charge in [0.25, 0.3) is 5.91 Å². The zero-order valence-corrected chi connectivity index (χ0v) is 15.7. The summed E-state index contributed by atoms with van der Waals surface area (Å²) in [7, 11) is 0. The predicted molar refractivity (Wildman–Crippen MR) is 106 cm³/mol. The minimum Gasteiger partial charge on any atom is -0.364 e. The van der Waals surface area contributed by atoms with Crippen molar-refractivity contribution in [2.75, 3.05) is 5.32 Å². The SMILES string of the molecule is O=C(N[C@H]1CC[C@@H](C(=O)Nc2cnc(-c3ccccc3)cn2)CC1)c1ccon1. The average molecular weight is 391 g/mol. The summed E-state index contributed by atoms with van der Waals surface area (Å²) in [6.07, 6.45) is 7.47. The van der Waals surface area contributed by atoms with Gasteiger partial charge in [0.05, 0.1) is 18.1 Å². The van der Waals surface area contributed by atoms with Crippen molar-refractivity contribution in [3.8, 4) is 11.3 Å². The van der Waals surface area contributed by atoms with Crippen molar-refractivity contribution in [3.63, 3.8) is 0 Å². The van der Waals surface area contributed by atoms with Crippen molar-refractivity contribution in [1.82, 2.24) is 20.4 Å². The molecule has 0 spiro atoms. The van der Waals surface area contributed by atoms with Gasteiger partial charge in [-0.15, -0.1) is 0 Å².